The number of aliphatic hydroxyl groups excluding tert-OH is 1. The molecule has 9 atom stereocenters. The topological polar surface area (TPSA) is 460 Å². The summed E-state index contributed by atoms with van der Waals surface area (Å²) in [4.78, 5) is 150. The van der Waals surface area contributed by atoms with E-state index in [-0.39, 0.29) is 62.3 Å². The number of nitrogens with one attached hydrogen (secondary N) is 12. The molecule has 1 aliphatic rings. The van der Waals surface area contributed by atoms with Crippen LogP contribution in [0.15, 0.2) is 66.9 Å². The maximum absolute atomic E-state index is 14.2. The summed E-state index contributed by atoms with van der Waals surface area (Å²) in [5.74, 6) is -10.9. The van der Waals surface area contributed by atoms with Gasteiger partial charge in [-0.05, 0) is 80.2 Å². The first-order valence-electron chi connectivity index (χ1n) is 29.6. The lowest BCUT2D eigenvalue weighted by molar-refractivity contribution is -0.139. The van der Waals surface area contributed by atoms with Gasteiger partial charge in [0, 0.05) is 63.4 Å². The van der Waals surface area contributed by atoms with Gasteiger partial charge in [0.15, 0.2) is 5.96 Å². The number of carboxylic acids is 1. The third kappa shape index (κ3) is 24.7. The second-order valence-corrected chi connectivity index (χ2v) is 22.6. The number of rotatable bonds is 36. The number of carbonyl (C=O) groups excluding carboxylic acids is 10. The van der Waals surface area contributed by atoms with Crippen molar-refractivity contribution in [1.29, 1.82) is 5.41 Å². The highest BCUT2D eigenvalue weighted by molar-refractivity contribution is 5.98. The first-order chi connectivity index (χ1) is 41.7. The average molecular weight is 1230 g/mol. The second kappa shape index (κ2) is 36.2. The van der Waals surface area contributed by atoms with E-state index >= 15 is 0 Å². The molecule has 3 aromatic rings. The van der Waals surface area contributed by atoms with Gasteiger partial charge in [-0.15, -0.1) is 0 Å². The van der Waals surface area contributed by atoms with E-state index in [2.05, 4.69) is 58.2 Å². The lowest BCUT2D eigenvalue weighted by Crippen LogP contribution is -2.61. The van der Waals surface area contributed by atoms with Crippen molar-refractivity contribution in [2.45, 2.75) is 166 Å². The molecule has 1 saturated carbocycles. The standard InChI is InChI=1S/C60H88N14O14/c1-33(2)27-38(53(82)69-43(18-12-26-66-60(63)64-5)55(84)71-45(52(62)81)30-39-32-67-42-17-10-9-16-41(39)42)15-11-25-65-54(83)46(28-36-13-7-6-8-14-36)73-59(88)51(34(3)75)74-58(87)48(31-49(61)78)72-56(85)44(23-24-50(79)80)70-57(86)47(68-35(4)76)29-37-19-21-40(77)22-20-37/h9-11,15-17,19-22,32-34,36,38,43-48,51,67,75,77H,6-8,12-14,18,23-31H2,1-5H3,(H2,61,78)(H2,62,81)(H,65,83)(H,68,76)(H,69,82)(H,70,86)(H,71,84)(H,72,85)(H,73,88)(H,74,87)(H,79,80)(H3,63,64,66)/b15-11+/t34-,38+,43+,44+,45+,46+,47-,48+,51+/m1/s1. The summed E-state index contributed by atoms with van der Waals surface area (Å²) in [6.07, 6.45) is 6.26. The molecular weight excluding hydrogens is 1140 g/mol. The summed E-state index contributed by atoms with van der Waals surface area (Å²) < 4.78 is 0. The van der Waals surface area contributed by atoms with Gasteiger partial charge in [-0.2, -0.15) is 0 Å². The largest absolute Gasteiger partial charge is 0.508 e. The predicted octanol–water partition coefficient (Wildman–Crippen LogP) is -0.492. The van der Waals surface area contributed by atoms with Gasteiger partial charge in [0.05, 0.1) is 18.4 Å². The Morgan fingerprint density at radius 3 is 1.91 bits per heavy atom. The first-order valence-corrected chi connectivity index (χ1v) is 29.6. The van der Waals surface area contributed by atoms with Gasteiger partial charge in [-0.25, -0.2) is 0 Å². The van der Waals surface area contributed by atoms with Crippen molar-refractivity contribution >= 4 is 81.9 Å². The van der Waals surface area contributed by atoms with Crippen LogP contribution in [-0.4, -0.2) is 160 Å². The van der Waals surface area contributed by atoms with E-state index in [1.54, 1.807) is 25.4 Å². The first kappa shape index (κ1) is 71.4. The number of primary amides is 2. The van der Waals surface area contributed by atoms with Crippen molar-refractivity contribution in [2.24, 2.45) is 29.2 Å². The number of phenolic OH excluding ortho intramolecular Hbond substituents is 1. The lowest BCUT2D eigenvalue weighted by atomic mass is 9.84. The fourth-order valence-electron chi connectivity index (χ4n) is 10.2. The number of benzene rings is 2. The molecule has 19 N–H and O–H groups in total. The van der Waals surface area contributed by atoms with E-state index in [1.807, 2.05) is 38.1 Å². The minimum atomic E-state index is -1.86. The Balaban J connectivity index is 1.50. The van der Waals surface area contributed by atoms with Crippen molar-refractivity contribution in [2.75, 3.05) is 20.1 Å². The highest BCUT2D eigenvalue weighted by Gasteiger charge is 2.36. The van der Waals surface area contributed by atoms with Gasteiger partial charge in [-0.3, -0.25) is 58.1 Å². The van der Waals surface area contributed by atoms with Crippen molar-refractivity contribution < 1.29 is 68.1 Å². The van der Waals surface area contributed by atoms with Crippen molar-refractivity contribution in [3.63, 3.8) is 0 Å². The highest BCUT2D eigenvalue weighted by Crippen LogP contribution is 2.28. The molecule has 0 bridgehead atoms. The number of aromatic amines is 1. The number of H-pyrrole nitrogens is 1. The SMILES string of the molecule is CNC(=N)NCCC[C@H](NC(=O)[C@@H](/C=C/CNC(=O)[C@H](CC1CCCCC1)NC(=O)[C@@H](NC(=O)[C@H](CC(N)=O)NC(=O)[C@H](CCC(=O)O)NC(=O)[C@@H](Cc1ccc(O)cc1)NC(C)=O)[C@@H](C)O)CC(C)C)C(=O)N[C@@H](Cc1c[nH]c2ccccc12)C(N)=O. The molecule has 1 aliphatic carbocycles. The van der Waals surface area contributed by atoms with Crippen LogP contribution in [0.4, 0.5) is 0 Å². The van der Waals surface area contributed by atoms with Crippen molar-refractivity contribution in [3.05, 3.63) is 78.0 Å². The molecule has 28 nitrogen and oxygen atoms in total. The minimum absolute atomic E-state index is 0.00623. The van der Waals surface area contributed by atoms with Crippen LogP contribution in [0.2, 0.25) is 0 Å². The summed E-state index contributed by atoms with van der Waals surface area (Å²) in [5, 5.41) is 64.9. The number of nitrogens with two attached hydrogens (primary N) is 2. The lowest BCUT2D eigenvalue weighted by Gasteiger charge is -2.29. The Kier molecular flexibility index (Phi) is 29.3. The Labute approximate surface area is 510 Å². The average Bonchev–Trinajstić information content (AvgIpc) is 2.31. The van der Waals surface area contributed by atoms with Gasteiger partial charge in [0.2, 0.25) is 59.1 Å². The number of phenols is 1. The maximum atomic E-state index is 14.2. The zero-order valence-corrected chi connectivity index (χ0v) is 50.5. The number of fused-ring (bicyclic) bond motifs is 1. The molecule has 10 amide bonds. The molecule has 0 unspecified atom stereocenters. The van der Waals surface area contributed by atoms with E-state index in [4.69, 9.17) is 16.9 Å². The van der Waals surface area contributed by atoms with E-state index in [1.165, 1.54) is 31.2 Å². The zero-order valence-electron chi connectivity index (χ0n) is 50.5. The Morgan fingerprint density at radius 2 is 1.30 bits per heavy atom. The molecule has 0 aliphatic heterocycles. The third-order valence-corrected chi connectivity index (χ3v) is 14.8. The Morgan fingerprint density at radius 1 is 0.693 bits per heavy atom. The van der Waals surface area contributed by atoms with Crippen LogP contribution in [-0.2, 0) is 65.6 Å². The molecule has 4 rings (SSSR count). The number of guanidine groups is 1. The van der Waals surface area contributed by atoms with Crippen LogP contribution in [0, 0.1) is 23.2 Å². The van der Waals surface area contributed by atoms with Gasteiger partial charge in [-0.1, -0.05) is 88.4 Å². The number of aliphatic carboxylic acids is 1. The van der Waals surface area contributed by atoms with Crippen LogP contribution in [0.1, 0.15) is 116 Å². The molecule has 0 radical (unpaired) electrons. The minimum Gasteiger partial charge on any atom is -0.508 e. The quantitative estimate of drug-likeness (QED) is 0.0151. The van der Waals surface area contributed by atoms with Crippen LogP contribution in [0.25, 0.3) is 10.9 Å². The van der Waals surface area contributed by atoms with Crippen LogP contribution in [0.3, 0.4) is 0 Å². The maximum Gasteiger partial charge on any atom is 0.303 e. The molecule has 88 heavy (non-hydrogen) atoms. The Bertz CT molecular complexity index is 2930. The molecule has 0 saturated heterocycles. The monoisotopic (exact) mass is 1230 g/mol. The van der Waals surface area contributed by atoms with Gasteiger partial charge in [0.25, 0.3) is 0 Å². The van der Waals surface area contributed by atoms with E-state index < -0.39 is 139 Å². The van der Waals surface area contributed by atoms with Crippen LogP contribution >= 0.6 is 0 Å². The van der Waals surface area contributed by atoms with E-state index in [0.717, 1.165) is 55.5 Å². The fourth-order valence-corrected chi connectivity index (χ4v) is 10.2. The molecule has 1 aromatic heterocycles. The number of carbonyl (C=O) groups is 11. The number of carboxylic acid groups (broad SMARTS) is 1. The van der Waals surface area contributed by atoms with Crippen LogP contribution < -0.4 is 64.6 Å². The summed E-state index contributed by atoms with van der Waals surface area (Å²) in [5.41, 5.74) is 13.3. The molecule has 482 valence electrons. The number of amides is 10. The number of hydrogen-bond acceptors (Lipinski definition) is 14. The summed E-state index contributed by atoms with van der Waals surface area (Å²) in [6.45, 7) is 6.26. The normalized spacial score (nSPS) is 15.5. The number of para-hydroxylation sites is 1. The van der Waals surface area contributed by atoms with Crippen molar-refractivity contribution in [1.82, 2.24) is 58.2 Å². The zero-order chi connectivity index (χ0) is 65.0. The van der Waals surface area contributed by atoms with Gasteiger partial charge < -0.3 is 84.9 Å². The highest BCUT2D eigenvalue weighted by atomic mass is 16.4. The summed E-state index contributed by atoms with van der Waals surface area (Å²) in [6, 6.07) is 3.00. The molecule has 1 heterocycles. The van der Waals surface area contributed by atoms with Gasteiger partial charge in [0.1, 0.15) is 48.0 Å². The number of hydrogen-bond donors (Lipinski definition) is 17. The molecule has 2 aromatic carbocycles. The van der Waals surface area contributed by atoms with Crippen molar-refractivity contribution in [3.8, 4) is 5.75 Å². The summed E-state index contributed by atoms with van der Waals surface area (Å²) >= 11 is 0. The predicted molar refractivity (Wildman–Crippen MR) is 325 cm³/mol. The molecule has 1 fully saturated rings. The number of aromatic hydroxyl groups is 1. The molecule has 28 heteroatoms. The van der Waals surface area contributed by atoms with Gasteiger partial charge >= 0.3 is 5.97 Å². The molecular formula is C60H88N14O14. The fraction of sp³-hybridized carbons (Fsp3) is 0.533. The van der Waals surface area contributed by atoms with E-state index in [0.29, 0.717) is 18.4 Å². The second-order valence-electron chi connectivity index (χ2n) is 22.6. The summed E-state index contributed by atoms with van der Waals surface area (Å²) in [7, 11) is 1.57. The number of aliphatic hydroxyl groups is 1. The molecule has 0 spiro atoms. The van der Waals surface area contributed by atoms with Crippen LogP contribution in [0.5, 0.6) is 5.75 Å². The third-order valence-electron chi connectivity index (χ3n) is 14.8. The Hall–Kier alpha value is -9.08. The smallest absolute Gasteiger partial charge is 0.303 e. The van der Waals surface area contributed by atoms with E-state index in [9.17, 15) is 68.1 Å². The number of aromatic nitrogens is 1.